The number of rotatable bonds is 5. The monoisotopic (exact) mass is 323 g/mol. The first-order chi connectivity index (χ1) is 11.2. The van der Waals surface area contributed by atoms with E-state index in [1.165, 1.54) is 0 Å². The number of amides is 1. The molecule has 0 aliphatic heterocycles. The van der Waals surface area contributed by atoms with Crippen molar-refractivity contribution in [3.05, 3.63) is 65.4 Å². The highest BCUT2D eigenvalue weighted by molar-refractivity contribution is 7.13. The van der Waals surface area contributed by atoms with Gasteiger partial charge in [-0.2, -0.15) is 0 Å². The van der Waals surface area contributed by atoms with Crippen molar-refractivity contribution in [2.45, 2.75) is 19.8 Å². The van der Waals surface area contributed by atoms with Crippen LogP contribution in [0.5, 0.6) is 0 Å². The maximum Gasteiger partial charge on any atom is 0.224 e. The number of nitrogens with one attached hydrogen (secondary N) is 1. The first kappa shape index (κ1) is 15.4. The van der Waals surface area contributed by atoms with Crippen LogP contribution in [0.25, 0.3) is 10.6 Å². The van der Waals surface area contributed by atoms with Crippen LogP contribution < -0.4 is 5.32 Å². The van der Waals surface area contributed by atoms with E-state index in [4.69, 9.17) is 0 Å². The molecule has 0 saturated heterocycles. The van der Waals surface area contributed by atoms with Crippen molar-refractivity contribution in [3.8, 4) is 10.6 Å². The maximum absolute atomic E-state index is 12.0. The molecular weight excluding hydrogens is 306 g/mol. The Hall–Kier alpha value is -2.53. The molecule has 0 radical (unpaired) electrons. The van der Waals surface area contributed by atoms with Crippen molar-refractivity contribution in [1.29, 1.82) is 0 Å². The van der Waals surface area contributed by atoms with E-state index < -0.39 is 0 Å². The number of aromatic nitrogens is 2. The zero-order valence-electron chi connectivity index (χ0n) is 12.8. The fourth-order valence-electron chi connectivity index (χ4n) is 2.19. The largest absolute Gasteiger partial charge is 0.326 e. The van der Waals surface area contributed by atoms with E-state index >= 15 is 0 Å². The topological polar surface area (TPSA) is 54.9 Å². The Balaban J connectivity index is 1.56. The zero-order chi connectivity index (χ0) is 16.1. The molecule has 3 aromatic rings. The third kappa shape index (κ3) is 4.23. The highest BCUT2D eigenvalue weighted by Gasteiger charge is 2.06. The van der Waals surface area contributed by atoms with Crippen LogP contribution in [0.1, 0.15) is 17.8 Å². The van der Waals surface area contributed by atoms with Crippen molar-refractivity contribution < 1.29 is 4.79 Å². The summed E-state index contributed by atoms with van der Waals surface area (Å²) in [5.41, 5.74) is 3.82. The van der Waals surface area contributed by atoms with E-state index in [1.807, 2.05) is 54.8 Å². The molecule has 1 N–H and O–H groups in total. The first-order valence-corrected chi connectivity index (χ1v) is 8.31. The molecule has 23 heavy (non-hydrogen) atoms. The molecule has 2 heterocycles. The van der Waals surface area contributed by atoms with Crippen molar-refractivity contribution in [2.24, 2.45) is 0 Å². The number of thiazole rings is 1. The lowest BCUT2D eigenvalue weighted by Gasteiger charge is -2.06. The summed E-state index contributed by atoms with van der Waals surface area (Å²) in [5.74, 6) is -0.00602. The Morgan fingerprint density at radius 1 is 1.17 bits per heavy atom. The second kappa shape index (κ2) is 7.15. The summed E-state index contributed by atoms with van der Waals surface area (Å²) < 4.78 is 0. The minimum atomic E-state index is -0.00602. The molecule has 1 amide bonds. The van der Waals surface area contributed by atoms with Crippen LogP contribution in [0.3, 0.4) is 0 Å². The van der Waals surface area contributed by atoms with E-state index in [0.29, 0.717) is 12.8 Å². The van der Waals surface area contributed by atoms with Crippen LogP contribution >= 0.6 is 11.3 Å². The Labute approximate surface area is 139 Å². The summed E-state index contributed by atoms with van der Waals surface area (Å²) in [7, 11) is 0. The quantitative estimate of drug-likeness (QED) is 0.769. The van der Waals surface area contributed by atoms with Gasteiger partial charge in [0.15, 0.2) is 0 Å². The van der Waals surface area contributed by atoms with Gasteiger partial charge in [0.25, 0.3) is 0 Å². The highest BCUT2D eigenvalue weighted by Crippen LogP contribution is 2.24. The minimum Gasteiger partial charge on any atom is -0.326 e. The third-order valence-corrected chi connectivity index (χ3v) is 4.38. The van der Waals surface area contributed by atoms with E-state index in [-0.39, 0.29) is 5.91 Å². The number of nitrogens with zero attached hydrogens (tertiary/aromatic N) is 2. The van der Waals surface area contributed by atoms with Crippen molar-refractivity contribution in [1.82, 2.24) is 9.97 Å². The number of benzene rings is 1. The normalized spacial score (nSPS) is 10.5. The number of anilines is 1. The third-order valence-electron chi connectivity index (χ3n) is 3.37. The van der Waals surface area contributed by atoms with Gasteiger partial charge in [-0.25, -0.2) is 4.98 Å². The average molecular weight is 323 g/mol. The lowest BCUT2D eigenvalue weighted by atomic mass is 10.2. The zero-order valence-corrected chi connectivity index (χ0v) is 13.6. The highest BCUT2D eigenvalue weighted by atomic mass is 32.1. The lowest BCUT2D eigenvalue weighted by molar-refractivity contribution is -0.116. The second-order valence-electron chi connectivity index (χ2n) is 5.24. The molecule has 0 bridgehead atoms. The number of pyridine rings is 1. The first-order valence-electron chi connectivity index (χ1n) is 7.43. The minimum absolute atomic E-state index is 0.00602. The molecule has 4 nitrogen and oxygen atoms in total. The van der Waals surface area contributed by atoms with Gasteiger partial charge in [-0.15, -0.1) is 11.3 Å². The predicted octanol–water partition coefficient (Wildman–Crippen LogP) is 4.08. The standard InChI is InChI=1S/C18H17N3OS/c1-13-12-23-18(20-13)14-5-7-16(8-6-14)21-17(22)10-9-15-4-2-3-11-19-15/h2-8,11-12H,9-10H2,1H3,(H,21,22). The Bertz CT molecular complexity index is 782. The molecular formula is C18H17N3OS. The molecule has 0 atom stereocenters. The van der Waals surface area contributed by atoms with Crippen molar-refractivity contribution in [3.63, 3.8) is 0 Å². The summed E-state index contributed by atoms with van der Waals surface area (Å²) in [6.07, 6.45) is 2.81. The van der Waals surface area contributed by atoms with Crippen molar-refractivity contribution >= 4 is 22.9 Å². The molecule has 5 heteroatoms. The molecule has 0 unspecified atom stereocenters. The molecule has 0 spiro atoms. The number of aryl methyl sites for hydroxylation is 2. The summed E-state index contributed by atoms with van der Waals surface area (Å²) in [6.45, 7) is 1.98. The van der Waals surface area contributed by atoms with Crippen LogP contribution in [0.2, 0.25) is 0 Å². The van der Waals surface area contributed by atoms with E-state index in [2.05, 4.69) is 15.3 Å². The van der Waals surface area contributed by atoms with Gasteiger partial charge in [-0.05, 0) is 49.7 Å². The van der Waals surface area contributed by atoms with Gasteiger partial charge in [0.2, 0.25) is 5.91 Å². The summed E-state index contributed by atoms with van der Waals surface area (Å²) in [5, 5.41) is 5.94. The number of carbonyl (C=O) groups is 1. The van der Waals surface area contributed by atoms with Crippen LogP contribution in [0.15, 0.2) is 54.0 Å². The molecule has 1 aromatic carbocycles. The number of hydrogen-bond donors (Lipinski definition) is 1. The van der Waals surface area contributed by atoms with Gasteiger partial charge in [0.05, 0.1) is 0 Å². The van der Waals surface area contributed by atoms with Gasteiger partial charge >= 0.3 is 0 Å². The summed E-state index contributed by atoms with van der Waals surface area (Å²) in [4.78, 5) is 20.7. The van der Waals surface area contributed by atoms with E-state index in [0.717, 1.165) is 27.6 Å². The fourth-order valence-corrected chi connectivity index (χ4v) is 3.00. The van der Waals surface area contributed by atoms with Gasteiger partial charge in [0, 0.05) is 40.6 Å². The lowest BCUT2D eigenvalue weighted by Crippen LogP contribution is -2.12. The summed E-state index contributed by atoms with van der Waals surface area (Å²) >= 11 is 1.62. The second-order valence-corrected chi connectivity index (χ2v) is 6.10. The van der Waals surface area contributed by atoms with E-state index in [9.17, 15) is 4.79 Å². The Morgan fingerprint density at radius 3 is 2.65 bits per heavy atom. The van der Waals surface area contributed by atoms with E-state index in [1.54, 1.807) is 17.5 Å². The molecule has 0 aliphatic rings. The van der Waals surface area contributed by atoms with Crippen LogP contribution in [-0.2, 0) is 11.2 Å². The smallest absolute Gasteiger partial charge is 0.224 e. The average Bonchev–Trinajstić information content (AvgIpc) is 3.01. The predicted molar refractivity (Wildman–Crippen MR) is 93.5 cm³/mol. The Kier molecular flexibility index (Phi) is 4.78. The maximum atomic E-state index is 12.0. The molecule has 0 aliphatic carbocycles. The van der Waals surface area contributed by atoms with Gasteiger partial charge in [-0.3, -0.25) is 9.78 Å². The van der Waals surface area contributed by atoms with Crippen LogP contribution in [-0.4, -0.2) is 15.9 Å². The number of hydrogen-bond acceptors (Lipinski definition) is 4. The van der Waals surface area contributed by atoms with Gasteiger partial charge < -0.3 is 5.32 Å². The molecule has 0 fully saturated rings. The van der Waals surface area contributed by atoms with Crippen molar-refractivity contribution in [2.75, 3.05) is 5.32 Å². The SMILES string of the molecule is Cc1csc(-c2ccc(NC(=O)CCc3ccccn3)cc2)n1. The van der Waals surface area contributed by atoms with Gasteiger partial charge in [-0.1, -0.05) is 6.07 Å². The molecule has 116 valence electrons. The number of carbonyl (C=O) groups excluding carboxylic acids is 1. The molecule has 2 aromatic heterocycles. The fraction of sp³-hybridized carbons (Fsp3) is 0.167. The van der Waals surface area contributed by atoms with Crippen LogP contribution in [0, 0.1) is 6.92 Å². The molecule has 3 rings (SSSR count). The Morgan fingerprint density at radius 2 is 2.00 bits per heavy atom. The molecule has 0 saturated carbocycles. The van der Waals surface area contributed by atoms with Crippen LogP contribution in [0.4, 0.5) is 5.69 Å². The van der Waals surface area contributed by atoms with Gasteiger partial charge in [0.1, 0.15) is 5.01 Å². The summed E-state index contributed by atoms with van der Waals surface area (Å²) in [6, 6.07) is 13.5.